The van der Waals surface area contributed by atoms with Gasteiger partial charge in [0, 0.05) is 37.6 Å². The number of ketones is 2. The number of nitrogens with one attached hydrogen (secondary N) is 1. The lowest BCUT2D eigenvalue weighted by molar-refractivity contribution is -0.142. The molecule has 0 aromatic carbocycles. The van der Waals surface area contributed by atoms with Crippen LogP contribution in [0.25, 0.3) is 0 Å². The quantitative estimate of drug-likeness (QED) is 0.706. The zero-order valence-corrected chi connectivity index (χ0v) is 18.8. The SMILES string of the molecule is CNC(=O)CC1C(C(N)=O)CCC2CCC3C4CCC5CC(=O)C=CC5C4=CC(=O)C3C21. The predicted molar refractivity (Wildman–Crippen MR) is 119 cm³/mol. The van der Waals surface area contributed by atoms with Crippen LogP contribution < -0.4 is 11.1 Å². The molecule has 9 unspecified atom stereocenters. The van der Waals surface area contributed by atoms with Crippen molar-refractivity contribution in [2.75, 3.05) is 7.05 Å². The van der Waals surface area contributed by atoms with Gasteiger partial charge >= 0.3 is 0 Å². The summed E-state index contributed by atoms with van der Waals surface area (Å²) in [6.45, 7) is 0. The van der Waals surface area contributed by atoms with Crippen LogP contribution in [0, 0.1) is 53.3 Å². The first kappa shape index (κ1) is 21.6. The van der Waals surface area contributed by atoms with Crippen molar-refractivity contribution in [3.05, 3.63) is 23.8 Å². The summed E-state index contributed by atoms with van der Waals surface area (Å²) in [5.74, 6) is 0.926. The van der Waals surface area contributed by atoms with Crippen molar-refractivity contribution in [2.45, 2.75) is 51.4 Å². The van der Waals surface area contributed by atoms with E-state index in [2.05, 4.69) is 5.32 Å². The summed E-state index contributed by atoms with van der Waals surface area (Å²) in [5, 5.41) is 2.71. The van der Waals surface area contributed by atoms with Crippen molar-refractivity contribution in [1.29, 1.82) is 0 Å². The summed E-state index contributed by atoms with van der Waals surface area (Å²) in [6, 6.07) is 0. The first-order chi connectivity index (χ1) is 15.4. The van der Waals surface area contributed by atoms with Crippen molar-refractivity contribution in [3.8, 4) is 0 Å². The van der Waals surface area contributed by atoms with Gasteiger partial charge in [-0.05, 0) is 86.2 Å². The number of hydrogen-bond acceptors (Lipinski definition) is 4. The van der Waals surface area contributed by atoms with Crippen LogP contribution in [0.2, 0.25) is 0 Å². The Labute approximate surface area is 189 Å². The normalized spacial score (nSPS) is 42.7. The Balaban J connectivity index is 1.50. The summed E-state index contributed by atoms with van der Waals surface area (Å²) in [6.07, 6.45) is 12.3. The Hall–Kier alpha value is -2.24. The van der Waals surface area contributed by atoms with Crippen LogP contribution in [0.3, 0.4) is 0 Å². The van der Waals surface area contributed by atoms with E-state index in [1.807, 2.05) is 12.2 Å². The molecule has 3 fully saturated rings. The fourth-order valence-electron chi connectivity index (χ4n) is 8.20. The van der Waals surface area contributed by atoms with Crippen LogP contribution in [0.15, 0.2) is 23.8 Å². The van der Waals surface area contributed by atoms with Crippen molar-refractivity contribution in [2.24, 2.45) is 59.0 Å². The molecule has 0 aromatic heterocycles. The molecule has 0 aliphatic heterocycles. The standard InChI is InChI=1S/C26H34N2O4/c1-28-23(31)12-21-19(26(27)32)8-3-13-2-7-18-17-6-4-14-10-15(29)5-9-16(14)20(17)11-22(30)25(18)24(13)21/h5,9,11,13-14,16-19,21,24-25H,2-4,6-8,10,12H2,1H3,(H2,27,32)(H,28,31). The monoisotopic (exact) mass is 438 g/mol. The third kappa shape index (κ3) is 3.46. The van der Waals surface area contributed by atoms with Crippen LogP contribution in [0.1, 0.15) is 51.4 Å². The molecular formula is C26H34N2O4. The summed E-state index contributed by atoms with van der Waals surface area (Å²) >= 11 is 0. The van der Waals surface area contributed by atoms with E-state index in [0.717, 1.165) is 38.5 Å². The van der Waals surface area contributed by atoms with Gasteiger partial charge in [-0.2, -0.15) is 0 Å². The van der Waals surface area contributed by atoms with Gasteiger partial charge < -0.3 is 11.1 Å². The van der Waals surface area contributed by atoms with Gasteiger partial charge in [-0.3, -0.25) is 19.2 Å². The zero-order valence-electron chi connectivity index (χ0n) is 18.8. The third-order valence-electron chi connectivity index (χ3n) is 9.49. The maximum atomic E-state index is 13.7. The number of carbonyl (C=O) groups is 4. The molecular weight excluding hydrogens is 404 g/mol. The van der Waals surface area contributed by atoms with Gasteiger partial charge in [0.1, 0.15) is 0 Å². The molecule has 172 valence electrons. The molecule has 9 atom stereocenters. The third-order valence-corrected chi connectivity index (χ3v) is 9.49. The fraction of sp³-hybridized carbons (Fsp3) is 0.692. The molecule has 3 N–H and O–H groups in total. The van der Waals surface area contributed by atoms with Crippen LogP contribution in [-0.4, -0.2) is 30.4 Å². The number of carbonyl (C=O) groups excluding carboxylic acids is 4. The average molecular weight is 439 g/mol. The number of nitrogens with two attached hydrogens (primary N) is 1. The van der Waals surface area contributed by atoms with Crippen molar-refractivity contribution in [3.63, 3.8) is 0 Å². The Morgan fingerprint density at radius 3 is 2.56 bits per heavy atom. The number of allylic oxidation sites excluding steroid dienone is 4. The smallest absolute Gasteiger partial charge is 0.220 e. The van der Waals surface area contributed by atoms with Gasteiger partial charge in [-0.25, -0.2) is 0 Å². The highest BCUT2D eigenvalue weighted by molar-refractivity contribution is 5.95. The summed E-state index contributed by atoms with van der Waals surface area (Å²) < 4.78 is 0. The van der Waals surface area contributed by atoms with E-state index in [1.165, 1.54) is 5.57 Å². The first-order valence-electron chi connectivity index (χ1n) is 12.3. The zero-order chi connectivity index (χ0) is 22.6. The highest BCUT2D eigenvalue weighted by Gasteiger charge is 2.56. The highest BCUT2D eigenvalue weighted by Crippen LogP contribution is 2.59. The minimum Gasteiger partial charge on any atom is -0.369 e. The number of hydrogen-bond donors (Lipinski definition) is 2. The molecule has 0 spiro atoms. The molecule has 0 aromatic rings. The highest BCUT2D eigenvalue weighted by atomic mass is 16.2. The van der Waals surface area contributed by atoms with E-state index >= 15 is 0 Å². The van der Waals surface area contributed by atoms with Crippen molar-refractivity contribution < 1.29 is 19.2 Å². The van der Waals surface area contributed by atoms with Crippen molar-refractivity contribution >= 4 is 23.4 Å². The largest absolute Gasteiger partial charge is 0.369 e. The molecule has 5 aliphatic rings. The van der Waals surface area contributed by atoms with Gasteiger partial charge in [0.2, 0.25) is 11.8 Å². The topological polar surface area (TPSA) is 106 Å². The van der Waals surface area contributed by atoms with Gasteiger partial charge in [-0.1, -0.05) is 11.6 Å². The Morgan fingerprint density at radius 2 is 1.81 bits per heavy atom. The number of fused-ring (bicyclic) bond motifs is 7. The second kappa shape index (κ2) is 8.27. The number of rotatable bonds is 3. The molecule has 6 heteroatoms. The fourth-order valence-corrected chi connectivity index (χ4v) is 8.20. The summed E-state index contributed by atoms with van der Waals surface area (Å²) in [4.78, 5) is 50.3. The molecule has 3 saturated carbocycles. The van der Waals surface area contributed by atoms with E-state index in [4.69, 9.17) is 5.73 Å². The van der Waals surface area contributed by atoms with E-state index < -0.39 is 0 Å². The Bertz CT molecular complexity index is 906. The minimum absolute atomic E-state index is 0.0452. The van der Waals surface area contributed by atoms with Crippen LogP contribution in [0.5, 0.6) is 0 Å². The lowest BCUT2D eigenvalue weighted by atomic mass is 9.48. The molecule has 6 nitrogen and oxygen atoms in total. The van der Waals surface area contributed by atoms with Gasteiger partial charge in [0.25, 0.3) is 0 Å². The molecule has 2 amide bonds. The number of primary amides is 1. The van der Waals surface area contributed by atoms with Gasteiger partial charge in [0.05, 0.1) is 0 Å². The second-order valence-corrected chi connectivity index (χ2v) is 10.8. The maximum Gasteiger partial charge on any atom is 0.220 e. The lowest BCUT2D eigenvalue weighted by Crippen LogP contribution is -2.54. The van der Waals surface area contributed by atoms with Crippen LogP contribution in [-0.2, 0) is 19.2 Å². The summed E-state index contributed by atoms with van der Waals surface area (Å²) in [5.41, 5.74) is 7.02. The minimum atomic E-state index is -0.339. The predicted octanol–water partition coefficient (Wildman–Crippen LogP) is 2.57. The van der Waals surface area contributed by atoms with Crippen molar-refractivity contribution in [1.82, 2.24) is 5.32 Å². The molecule has 5 rings (SSSR count). The molecule has 5 aliphatic carbocycles. The number of amides is 2. The molecule has 32 heavy (non-hydrogen) atoms. The Morgan fingerprint density at radius 1 is 1.06 bits per heavy atom. The van der Waals surface area contributed by atoms with E-state index in [1.54, 1.807) is 13.1 Å². The van der Waals surface area contributed by atoms with E-state index in [9.17, 15) is 19.2 Å². The molecule has 0 heterocycles. The molecule has 0 bridgehead atoms. The maximum absolute atomic E-state index is 13.7. The van der Waals surface area contributed by atoms with Gasteiger partial charge in [-0.15, -0.1) is 0 Å². The van der Waals surface area contributed by atoms with Crippen LogP contribution in [0.4, 0.5) is 0 Å². The lowest BCUT2D eigenvalue weighted by Gasteiger charge is -2.55. The Kier molecular flexibility index (Phi) is 5.58. The second-order valence-electron chi connectivity index (χ2n) is 10.8. The first-order valence-corrected chi connectivity index (χ1v) is 12.3. The van der Waals surface area contributed by atoms with E-state index in [-0.39, 0.29) is 65.3 Å². The van der Waals surface area contributed by atoms with E-state index in [0.29, 0.717) is 24.2 Å². The molecule has 0 radical (unpaired) electrons. The average Bonchev–Trinajstić information content (AvgIpc) is 2.78. The van der Waals surface area contributed by atoms with Gasteiger partial charge in [0.15, 0.2) is 11.6 Å². The van der Waals surface area contributed by atoms with Crippen LogP contribution >= 0.6 is 0 Å². The summed E-state index contributed by atoms with van der Waals surface area (Å²) in [7, 11) is 1.62. The molecule has 0 saturated heterocycles.